The van der Waals surface area contributed by atoms with Crippen LogP contribution in [-0.2, 0) is 28.5 Å². The van der Waals surface area contributed by atoms with Crippen LogP contribution in [0.25, 0.3) is 0 Å². The molecule has 158 valence electrons. The molecule has 0 heterocycles. The van der Waals surface area contributed by atoms with E-state index in [9.17, 15) is 9.59 Å². The first-order valence-electron chi connectivity index (χ1n) is 10.3. The van der Waals surface area contributed by atoms with Gasteiger partial charge in [-0.2, -0.15) is 0 Å². The van der Waals surface area contributed by atoms with Crippen LogP contribution in [0.15, 0.2) is 0 Å². The maximum absolute atomic E-state index is 12.5. The van der Waals surface area contributed by atoms with Gasteiger partial charge in [0.05, 0.1) is 24.0 Å². The Bertz CT molecular complexity index is 460. The van der Waals surface area contributed by atoms with Crippen molar-refractivity contribution >= 4 is 11.9 Å². The Balaban J connectivity index is 2.39. The van der Waals surface area contributed by atoms with Crippen molar-refractivity contribution in [3.63, 3.8) is 0 Å². The SMILES string of the molecule is CCC(C)(C)C(=O)OCCOC(=O)C1CCCCC1COC(C)OC(C)C. The zero-order valence-electron chi connectivity index (χ0n) is 17.9. The van der Waals surface area contributed by atoms with Crippen LogP contribution in [0, 0.1) is 17.3 Å². The second-order valence-corrected chi connectivity index (χ2v) is 8.28. The molecular formula is C21H38O6. The third kappa shape index (κ3) is 8.60. The predicted molar refractivity (Wildman–Crippen MR) is 103 cm³/mol. The largest absolute Gasteiger partial charge is 0.462 e. The van der Waals surface area contributed by atoms with Gasteiger partial charge < -0.3 is 18.9 Å². The standard InChI is InChI=1S/C21H38O6/c1-7-21(5,6)20(23)25-13-12-24-19(22)18-11-9-8-10-17(18)14-26-16(4)27-15(2)3/h15-18H,7-14H2,1-6H3. The summed E-state index contributed by atoms with van der Waals surface area (Å²) in [5, 5.41) is 0. The van der Waals surface area contributed by atoms with Crippen LogP contribution >= 0.6 is 0 Å². The Kier molecular flexibility index (Phi) is 10.3. The molecule has 0 aliphatic heterocycles. The van der Waals surface area contributed by atoms with E-state index in [-0.39, 0.29) is 49.4 Å². The summed E-state index contributed by atoms with van der Waals surface area (Å²) in [6.07, 6.45) is 4.41. The third-order valence-electron chi connectivity index (χ3n) is 5.22. The van der Waals surface area contributed by atoms with Crippen LogP contribution in [-0.4, -0.2) is 44.2 Å². The van der Waals surface area contributed by atoms with Gasteiger partial charge in [-0.25, -0.2) is 0 Å². The summed E-state index contributed by atoms with van der Waals surface area (Å²) in [5.74, 6) is -0.491. The number of carbonyl (C=O) groups excluding carboxylic acids is 2. The lowest BCUT2D eigenvalue weighted by Gasteiger charge is -2.30. The van der Waals surface area contributed by atoms with Crippen molar-refractivity contribution in [3.05, 3.63) is 0 Å². The number of rotatable bonds is 11. The van der Waals surface area contributed by atoms with Crippen molar-refractivity contribution in [2.75, 3.05) is 19.8 Å². The molecule has 0 N–H and O–H groups in total. The number of hydrogen-bond acceptors (Lipinski definition) is 6. The third-order valence-corrected chi connectivity index (χ3v) is 5.22. The van der Waals surface area contributed by atoms with Gasteiger partial charge in [-0.15, -0.1) is 0 Å². The van der Waals surface area contributed by atoms with E-state index in [1.807, 2.05) is 41.5 Å². The molecule has 3 atom stereocenters. The van der Waals surface area contributed by atoms with Crippen molar-refractivity contribution in [1.29, 1.82) is 0 Å². The molecule has 27 heavy (non-hydrogen) atoms. The number of esters is 2. The van der Waals surface area contributed by atoms with E-state index in [2.05, 4.69) is 0 Å². The highest BCUT2D eigenvalue weighted by Crippen LogP contribution is 2.31. The van der Waals surface area contributed by atoms with E-state index >= 15 is 0 Å². The topological polar surface area (TPSA) is 71.1 Å². The number of ether oxygens (including phenoxy) is 4. The zero-order chi connectivity index (χ0) is 20.4. The van der Waals surface area contributed by atoms with Crippen molar-refractivity contribution in [1.82, 2.24) is 0 Å². The molecule has 0 saturated heterocycles. The fraction of sp³-hybridized carbons (Fsp3) is 0.905. The van der Waals surface area contributed by atoms with Gasteiger partial charge in [0.1, 0.15) is 13.2 Å². The smallest absolute Gasteiger partial charge is 0.311 e. The average molecular weight is 387 g/mol. The molecule has 0 aromatic rings. The molecule has 1 fully saturated rings. The summed E-state index contributed by atoms with van der Waals surface area (Å²) >= 11 is 0. The minimum atomic E-state index is -0.509. The molecule has 1 rings (SSSR count). The first kappa shape index (κ1) is 23.9. The monoisotopic (exact) mass is 386 g/mol. The molecule has 0 radical (unpaired) electrons. The first-order chi connectivity index (χ1) is 12.7. The van der Waals surface area contributed by atoms with Crippen molar-refractivity contribution < 1.29 is 28.5 Å². The summed E-state index contributed by atoms with van der Waals surface area (Å²) < 4.78 is 22.0. The van der Waals surface area contributed by atoms with E-state index in [0.717, 1.165) is 25.7 Å². The summed E-state index contributed by atoms with van der Waals surface area (Å²) in [4.78, 5) is 24.4. The summed E-state index contributed by atoms with van der Waals surface area (Å²) in [5.41, 5.74) is -0.509. The maximum Gasteiger partial charge on any atom is 0.311 e. The van der Waals surface area contributed by atoms with Crippen LogP contribution in [0.5, 0.6) is 0 Å². The lowest BCUT2D eigenvalue weighted by Crippen LogP contribution is -2.34. The number of hydrogen-bond donors (Lipinski definition) is 0. The lowest BCUT2D eigenvalue weighted by molar-refractivity contribution is -0.172. The van der Waals surface area contributed by atoms with Gasteiger partial charge in [0.15, 0.2) is 6.29 Å². The van der Waals surface area contributed by atoms with E-state index < -0.39 is 5.41 Å². The van der Waals surface area contributed by atoms with Crippen molar-refractivity contribution in [2.24, 2.45) is 17.3 Å². The Morgan fingerprint density at radius 3 is 2.30 bits per heavy atom. The predicted octanol–water partition coefficient (Wildman–Crippen LogP) is 4.10. The van der Waals surface area contributed by atoms with E-state index in [4.69, 9.17) is 18.9 Å². The maximum atomic E-state index is 12.5. The quantitative estimate of drug-likeness (QED) is 0.302. The molecule has 0 amide bonds. The fourth-order valence-electron chi connectivity index (χ4n) is 3.12. The Morgan fingerprint density at radius 2 is 1.67 bits per heavy atom. The molecule has 0 aromatic heterocycles. The minimum Gasteiger partial charge on any atom is -0.462 e. The fourth-order valence-corrected chi connectivity index (χ4v) is 3.12. The minimum absolute atomic E-state index is 0.0984. The van der Waals surface area contributed by atoms with E-state index in [1.165, 1.54) is 0 Å². The highest BCUT2D eigenvalue weighted by Gasteiger charge is 2.33. The second-order valence-electron chi connectivity index (χ2n) is 8.28. The van der Waals surface area contributed by atoms with Gasteiger partial charge in [-0.05, 0) is 59.8 Å². The molecule has 6 heteroatoms. The Labute approximate surface area is 164 Å². The van der Waals surface area contributed by atoms with Crippen LogP contribution in [0.3, 0.4) is 0 Å². The highest BCUT2D eigenvalue weighted by atomic mass is 16.7. The van der Waals surface area contributed by atoms with Crippen molar-refractivity contribution in [3.8, 4) is 0 Å². The second kappa shape index (κ2) is 11.6. The Morgan fingerprint density at radius 1 is 1.04 bits per heavy atom. The average Bonchev–Trinajstić information content (AvgIpc) is 2.62. The molecule has 0 aromatic carbocycles. The van der Waals surface area contributed by atoms with Crippen molar-refractivity contribution in [2.45, 2.75) is 86.0 Å². The molecule has 3 unspecified atom stereocenters. The molecule has 0 bridgehead atoms. The van der Waals surface area contributed by atoms with Crippen LogP contribution in [0.4, 0.5) is 0 Å². The molecule has 1 aliphatic rings. The summed E-state index contributed by atoms with van der Waals surface area (Å²) in [6, 6.07) is 0. The van der Waals surface area contributed by atoms with Crippen LogP contribution < -0.4 is 0 Å². The summed E-state index contributed by atoms with van der Waals surface area (Å²) in [6.45, 7) is 12.1. The highest BCUT2D eigenvalue weighted by molar-refractivity contribution is 5.76. The first-order valence-corrected chi connectivity index (χ1v) is 10.3. The van der Waals surface area contributed by atoms with Gasteiger partial charge in [-0.3, -0.25) is 9.59 Å². The van der Waals surface area contributed by atoms with E-state index in [0.29, 0.717) is 13.0 Å². The van der Waals surface area contributed by atoms with Gasteiger partial charge in [-0.1, -0.05) is 19.8 Å². The van der Waals surface area contributed by atoms with Gasteiger partial charge in [0, 0.05) is 0 Å². The molecule has 6 nitrogen and oxygen atoms in total. The van der Waals surface area contributed by atoms with Gasteiger partial charge in [0.2, 0.25) is 0 Å². The lowest BCUT2D eigenvalue weighted by atomic mass is 9.80. The van der Waals surface area contributed by atoms with E-state index in [1.54, 1.807) is 0 Å². The zero-order valence-corrected chi connectivity index (χ0v) is 17.9. The van der Waals surface area contributed by atoms with Crippen LogP contribution in [0.2, 0.25) is 0 Å². The molecule has 0 spiro atoms. The molecule has 1 aliphatic carbocycles. The Hall–Kier alpha value is -1.14. The number of carbonyl (C=O) groups is 2. The van der Waals surface area contributed by atoms with Crippen LogP contribution in [0.1, 0.15) is 73.6 Å². The molecular weight excluding hydrogens is 348 g/mol. The van der Waals surface area contributed by atoms with Gasteiger partial charge >= 0.3 is 11.9 Å². The summed E-state index contributed by atoms with van der Waals surface area (Å²) in [7, 11) is 0. The normalized spacial score (nSPS) is 21.7. The molecule has 1 saturated carbocycles. The van der Waals surface area contributed by atoms with Gasteiger partial charge in [0.25, 0.3) is 0 Å².